The Labute approximate surface area is 118 Å². The number of hydrogen-bond donors (Lipinski definition) is 1. The third kappa shape index (κ3) is 3.97. The number of nitrogens with one attached hydrogen (secondary N) is 1. The Bertz CT molecular complexity index is 384. The predicted octanol–water partition coefficient (Wildman–Crippen LogP) is 2.97. The maximum atomic E-state index is 5.79. The number of morpholine rings is 1. The van der Waals surface area contributed by atoms with Crippen LogP contribution in [-0.4, -0.2) is 43.3 Å². The van der Waals surface area contributed by atoms with Crippen LogP contribution in [0.2, 0.25) is 0 Å². The fourth-order valence-corrected chi connectivity index (χ4v) is 2.56. The molecule has 1 fully saturated rings. The summed E-state index contributed by atoms with van der Waals surface area (Å²) in [5, 5.41) is 3.43. The zero-order valence-corrected chi connectivity index (χ0v) is 12.6. The van der Waals surface area contributed by atoms with Crippen LogP contribution in [0.5, 0.6) is 0 Å². The van der Waals surface area contributed by atoms with Crippen LogP contribution in [0, 0.1) is 0 Å². The molecule has 3 nitrogen and oxygen atoms in total. The first-order valence-electron chi connectivity index (χ1n) is 6.50. The van der Waals surface area contributed by atoms with Crippen LogP contribution < -0.4 is 5.32 Å². The second-order valence-corrected chi connectivity index (χ2v) is 5.89. The number of benzene rings is 1. The molecule has 0 spiro atoms. The quantitative estimate of drug-likeness (QED) is 0.925. The lowest BCUT2D eigenvalue weighted by Gasteiger charge is -2.35. The van der Waals surface area contributed by atoms with E-state index < -0.39 is 0 Å². The molecule has 1 saturated heterocycles. The third-order valence-electron chi connectivity index (χ3n) is 3.26. The SMILES string of the molecule is CC(C)N1CCOC(CNc2cccc(Br)c2)C1. The highest BCUT2D eigenvalue weighted by molar-refractivity contribution is 9.10. The summed E-state index contributed by atoms with van der Waals surface area (Å²) in [7, 11) is 0. The molecular formula is C14H21BrN2O. The van der Waals surface area contributed by atoms with Crippen molar-refractivity contribution in [3.8, 4) is 0 Å². The number of ether oxygens (including phenoxy) is 1. The van der Waals surface area contributed by atoms with Crippen LogP contribution in [-0.2, 0) is 4.74 Å². The summed E-state index contributed by atoms with van der Waals surface area (Å²) in [6.07, 6.45) is 0.278. The number of hydrogen-bond acceptors (Lipinski definition) is 3. The largest absolute Gasteiger partial charge is 0.382 e. The summed E-state index contributed by atoms with van der Waals surface area (Å²) in [5.74, 6) is 0. The van der Waals surface area contributed by atoms with Crippen LogP contribution in [0.25, 0.3) is 0 Å². The average Bonchev–Trinajstić information content (AvgIpc) is 2.37. The Hall–Kier alpha value is -0.580. The summed E-state index contributed by atoms with van der Waals surface area (Å²) >= 11 is 3.48. The van der Waals surface area contributed by atoms with Gasteiger partial charge in [0.25, 0.3) is 0 Å². The number of halogens is 1. The van der Waals surface area contributed by atoms with E-state index in [9.17, 15) is 0 Å². The fraction of sp³-hybridized carbons (Fsp3) is 0.571. The molecule has 1 aromatic rings. The van der Waals surface area contributed by atoms with Gasteiger partial charge in [-0.2, -0.15) is 0 Å². The van der Waals surface area contributed by atoms with Gasteiger partial charge in [-0.25, -0.2) is 0 Å². The van der Waals surface area contributed by atoms with E-state index in [4.69, 9.17) is 4.74 Å². The standard InChI is InChI=1S/C14H21BrN2O/c1-11(2)17-6-7-18-14(10-17)9-16-13-5-3-4-12(15)8-13/h3-5,8,11,14,16H,6-7,9-10H2,1-2H3. The third-order valence-corrected chi connectivity index (χ3v) is 3.75. The Morgan fingerprint density at radius 3 is 3.06 bits per heavy atom. The molecule has 1 aliphatic rings. The summed E-state index contributed by atoms with van der Waals surface area (Å²) in [6, 6.07) is 8.83. The van der Waals surface area contributed by atoms with Gasteiger partial charge in [0.05, 0.1) is 12.7 Å². The van der Waals surface area contributed by atoms with E-state index >= 15 is 0 Å². The maximum absolute atomic E-state index is 5.79. The van der Waals surface area contributed by atoms with Gasteiger partial charge in [0.2, 0.25) is 0 Å². The minimum Gasteiger partial charge on any atom is -0.382 e. The van der Waals surface area contributed by atoms with Gasteiger partial charge in [0.1, 0.15) is 0 Å². The first kappa shape index (κ1) is 13.8. The van der Waals surface area contributed by atoms with Crippen molar-refractivity contribution in [2.45, 2.75) is 26.0 Å². The van der Waals surface area contributed by atoms with Crippen LogP contribution in [0.4, 0.5) is 5.69 Å². The Morgan fingerprint density at radius 2 is 2.33 bits per heavy atom. The number of rotatable bonds is 4. The van der Waals surface area contributed by atoms with Crippen molar-refractivity contribution in [1.29, 1.82) is 0 Å². The lowest BCUT2D eigenvalue weighted by molar-refractivity contribution is -0.0315. The molecule has 1 N–H and O–H groups in total. The molecule has 0 saturated carbocycles. The van der Waals surface area contributed by atoms with Gasteiger partial charge in [-0.15, -0.1) is 0 Å². The van der Waals surface area contributed by atoms with Crippen molar-refractivity contribution in [1.82, 2.24) is 4.90 Å². The van der Waals surface area contributed by atoms with Gasteiger partial charge in [-0.1, -0.05) is 22.0 Å². The molecule has 0 radical (unpaired) electrons. The molecule has 4 heteroatoms. The van der Waals surface area contributed by atoms with Crippen molar-refractivity contribution in [3.63, 3.8) is 0 Å². The molecule has 0 amide bonds. The summed E-state index contributed by atoms with van der Waals surface area (Å²) in [5.41, 5.74) is 1.13. The molecule has 0 aromatic heterocycles. The smallest absolute Gasteiger partial charge is 0.0874 e. The predicted molar refractivity (Wildman–Crippen MR) is 79.1 cm³/mol. The molecule has 0 bridgehead atoms. The van der Waals surface area contributed by atoms with Crippen LogP contribution in [0.3, 0.4) is 0 Å². The highest BCUT2D eigenvalue weighted by Gasteiger charge is 2.21. The molecule has 1 aliphatic heterocycles. The highest BCUT2D eigenvalue weighted by Crippen LogP contribution is 2.16. The lowest BCUT2D eigenvalue weighted by atomic mass is 10.2. The van der Waals surface area contributed by atoms with Crippen LogP contribution in [0.1, 0.15) is 13.8 Å². The van der Waals surface area contributed by atoms with Gasteiger partial charge in [0, 0.05) is 35.8 Å². The normalized spacial score (nSPS) is 21.2. The van der Waals surface area contributed by atoms with Crippen LogP contribution >= 0.6 is 15.9 Å². The fourth-order valence-electron chi connectivity index (χ4n) is 2.16. The van der Waals surface area contributed by atoms with E-state index in [1.165, 1.54) is 0 Å². The molecule has 1 atom stereocenters. The second-order valence-electron chi connectivity index (χ2n) is 4.97. The Morgan fingerprint density at radius 1 is 1.50 bits per heavy atom. The average molecular weight is 313 g/mol. The van der Waals surface area contributed by atoms with Crippen molar-refractivity contribution in [2.75, 3.05) is 31.6 Å². The first-order chi connectivity index (χ1) is 8.65. The first-order valence-corrected chi connectivity index (χ1v) is 7.29. The number of anilines is 1. The minimum atomic E-state index is 0.278. The van der Waals surface area contributed by atoms with E-state index in [0.29, 0.717) is 6.04 Å². The second kappa shape index (κ2) is 6.55. The molecular weight excluding hydrogens is 292 g/mol. The van der Waals surface area contributed by atoms with E-state index in [2.05, 4.69) is 52.1 Å². The summed E-state index contributed by atoms with van der Waals surface area (Å²) < 4.78 is 6.89. The monoisotopic (exact) mass is 312 g/mol. The van der Waals surface area contributed by atoms with Gasteiger partial charge in [-0.3, -0.25) is 4.90 Å². The summed E-state index contributed by atoms with van der Waals surface area (Å²) in [6.45, 7) is 8.24. The molecule has 1 aromatic carbocycles. The molecule has 100 valence electrons. The van der Waals surface area contributed by atoms with Crippen molar-refractivity contribution >= 4 is 21.6 Å². The van der Waals surface area contributed by atoms with Gasteiger partial charge in [-0.05, 0) is 32.0 Å². The molecule has 18 heavy (non-hydrogen) atoms. The zero-order valence-electron chi connectivity index (χ0n) is 11.0. The summed E-state index contributed by atoms with van der Waals surface area (Å²) in [4.78, 5) is 2.47. The Kier molecular flexibility index (Phi) is 5.03. The van der Waals surface area contributed by atoms with E-state index in [1.807, 2.05) is 12.1 Å². The van der Waals surface area contributed by atoms with Crippen molar-refractivity contribution in [3.05, 3.63) is 28.7 Å². The molecule has 1 unspecified atom stereocenters. The Balaban J connectivity index is 1.83. The van der Waals surface area contributed by atoms with Gasteiger partial charge in [0.15, 0.2) is 0 Å². The van der Waals surface area contributed by atoms with Crippen LogP contribution in [0.15, 0.2) is 28.7 Å². The maximum Gasteiger partial charge on any atom is 0.0874 e. The molecule has 2 rings (SSSR count). The molecule has 0 aliphatic carbocycles. The highest BCUT2D eigenvalue weighted by atomic mass is 79.9. The van der Waals surface area contributed by atoms with Crippen molar-refractivity contribution in [2.24, 2.45) is 0 Å². The van der Waals surface area contributed by atoms with E-state index in [-0.39, 0.29) is 6.10 Å². The van der Waals surface area contributed by atoms with Gasteiger partial charge >= 0.3 is 0 Å². The van der Waals surface area contributed by atoms with Gasteiger partial charge < -0.3 is 10.1 Å². The van der Waals surface area contributed by atoms with E-state index in [0.717, 1.165) is 36.4 Å². The molecule has 1 heterocycles. The van der Waals surface area contributed by atoms with Crippen molar-refractivity contribution < 1.29 is 4.74 Å². The topological polar surface area (TPSA) is 24.5 Å². The zero-order chi connectivity index (χ0) is 13.0. The van der Waals surface area contributed by atoms with E-state index in [1.54, 1.807) is 0 Å². The lowest BCUT2D eigenvalue weighted by Crippen LogP contribution is -2.48. The minimum absolute atomic E-state index is 0.278. The number of nitrogens with zero attached hydrogens (tertiary/aromatic N) is 1.